The fourth-order valence-electron chi connectivity index (χ4n) is 3.54. The van der Waals surface area contributed by atoms with Gasteiger partial charge in [0.1, 0.15) is 5.82 Å². The van der Waals surface area contributed by atoms with E-state index in [9.17, 15) is 4.79 Å². The van der Waals surface area contributed by atoms with Crippen LogP contribution in [0.3, 0.4) is 0 Å². The molecule has 0 spiro atoms. The van der Waals surface area contributed by atoms with E-state index < -0.39 is 0 Å². The minimum atomic E-state index is -0.261. The largest absolute Gasteiger partial charge is 0.317 e. The molecule has 0 aliphatic rings. The van der Waals surface area contributed by atoms with Gasteiger partial charge in [-0.05, 0) is 102 Å². The molecule has 4 rings (SSSR count). The smallest absolute Gasteiger partial charge is 0.257 e. The predicted octanol–water partition coefficient (Wildman–Crippen LogP) is 7.27. The lowest BCUT2D eigenvalue weighted by Gasteiger charge is -2.12. The monoisotopic (exact) mass is 614 g/mol. The summed E-state index contributed by atoms with van der Waals surface area (Å²) in [5.74, 6) is 0.374. The van der Waals surface area contributed by atoms with Crippen molar-refractivity contribution in [3.63, 3.8) is 0 Å². The number of halogens is 2. The van der Waals surface area contributed by atoms with Crippen molar-refractivity contribution in [1.82, 2.24) is 15.1 Å². The molecule has 0 bridgehead atoms. The Labute approximate surface area is 229 Å². The number of rotatable bonds is 7. The Hall–Kier alpha value is -2.75. The molecule has 178 valence electrons. The lowest BCUT2D eigenvalue weighted by atomic mass is 10.1. The van der Waals surface area contributed by atoms with E-state index in [2.05, 4.69) is 40.1 Å². The van der Waals surface area contributed by atoms with E-state index in [1.807, 2.05) is 78.9 Å². The molecular formula is C27H24ClIN4OS. The van der Waals surface area contributed by atoms with Gasteiger partial charge in [-0.3, -0.25) is 10.1 Å². The van der Waals surface area contributed by atoms with Crippen LogP contribution in [0.1, 0.15) is 35.7 Å². The maximum Gasteiger partial charge on any atom is 0.257 e. The minimum Gasteiger partial charge on any atom is -0.317 e. The number of unbranched alkanes of at least 4 members (excludes halogenated alkanes) is 1. The van der Waals surface area contributed by atoms with Crippen LogP contribution < -0.4 is 10.6 Å². The molecule has 8 heteroatoms. The maximum atomic E-state index is 12.7. The molecule has 0 radical (unpaired) electrons. The van der Waals surface area contributed by atoms with Crippen LogP contribution in [0.15, 0.2) is 78.9 Å². The van der Waals surface area contributed by atoms with Crippen LogP contribution in [-0.2, 0) is 6.42 Å². The molecule has 4 aromatic rings. The number of benzene rings is 3. The Morgan fingerprint density at radius 3 is 2.37 bits per heavy atom. The second-order valence-electron chi connectivity index (χ2n) is 8.02. The van der Waals surface area contributed by atoms with Crippen LogP contribution in [0, 0.1) is 3.57 Å². The number of amides is 1. The Morgan fingerprint density at radius 1 is 1.03 bits per heavy atom. The Balaban J connectivity index is 1.53. The molecule has 2 N–H and O–H groups in total. The number of nitrogens with one attached hydrogen (secondary N) is 2. The lowest BCUT2D eigenvalue weighted by Crippen LogP contribution is -2.34. The summed E-state index contributed by atoms with van der Waals surface area (Å²) >= 11 is 13.8. The number of anilines is 1. The molecule has 0 saturated carbocycles. The fraction of sp³-hybridized carbons (Fsp3) is 0.148. The van der Waals surface area contributed by atoms with Gasteiger partial charge in [-0.15, -0.1) is 0 Å². The highest BCUT2D eigenvalue weighted by Gasteiger charge is 2.15. The first kappa shape index (κ1) is 25.3. The SMILES string of the molecule is CCCCc1ccc(C(=O)NC(=S)Nc2cc(-c3ccc(Cl)cc3)nn2-c2ccc(I)cc2)cc1. The zero-order valence-electron chi connectivity index (χ0n) is 19.1. The Morgan fingerprint density at radius 2 is 1.71 bits per heavy atom. The highest BCUT2D eigenvalue weighted by molar-refractivity contribution is 14.1. The van der Waals surface area contributed by atoms with Crippen LogP contribution in [0.5, 0.6) is 0 Å². The van der Waals surface area contributed by atoms with E-state index in [1.165, 1.54) is 5.56 Å². The van der Waals surface area contributed by atoms with Gasteiger partial charge in [-0.25, -0.2) is 4.68 Å². The standard InChI is InChI=1S/C27H24ClIN4OS/c1-2-3-4-18-5-7-20(8-6-18)26(34)31-27(35)30-25-17-24(19-9-11-21(28)12-10-19)32-33(25)23-15-13-22(29)14-16-23/h5-17H,2-4H2,1H3,(H2,30,31,34,35). The van der Waals surface area contributed by atoms with Gasteiger partial charge in [-0.2, -0.15) is 5.10 Å². The summed E-state index contributed by atoms with van der Waals surface area (Å²) in [5, 5.41) is 11.5. The van der Waals surface area contributed by atoms with Crippen molar-refractivity contribution < 1.29 is 4.79 Å². The maximum absolute atomic E-state index is 12.7. The molecule has 1 aromatic heterocycles. The molecule has 0 saturated heterocycles. The number of aryl methyl sites for hydroxylation is 1. The first-order valence-electron chi connectivity index (χ1n) is 11.3. The molecule has 0 fully saturated rings. The normalized spacial score (nSPS) is 10.7. The molecule has 0 aliphatic heterocycles. The van der Waals surface area contributed by atoms with Gasteiger partial charge in [0.05, 0.1) is 11.4 Å². The van der Waals surface area contributed by atoms with E-state index in [-0.39, 0.29) is 11.0 Å². The van der Waals surface area contributed by atoms with Crippen molar-refractivity contribution in [2.45, 2.75) is 26.2 Å². The number of nitrogens with zero attached hydrogens (tertiary/aromatic N) is 2. The third-order valence-electron chi connectivity index (χ3n) is 5.42. The van der Waals surface area contributed by atoms with E-state index in [4.69, 9.17) is 28.9 Å². The fourth-order valence-corrected chi connectivity index (χ4v) is 4.22. The van der Waals surface area contributed by atoms with Crippen molar-refractivity contribution >= 4 is 63.2 Å². The van der Waals surface area contributed by atoms with E-state index in [0.717, 1.165) is 39.8 Å². The molecule has 3 aromatic carbocycles. The summed E-state index contributed by atoms with van der Waals surface area (Å²) in [4.78, 5) is 12.7. The van der Waals surface area contributed by atoms with Crippen LogP contribution in [0.2, 0.25) is 5.02 Å². The van der Waals surface area contributed by atoms with Gasteiger partial charge in [0.15, 0.2) is 5.11 Å². The van der Waals surface area contributed by atoms with Crippen LogP contribution in [0.4, 0.5) is 5.82 Å². The van der Waals surface area contributed by atoms with Crippen LogP contribution in [0.25, 0.3) is 16.9 Å². The Kier molecular flexibility index (Phi) is 8.54. The quantitative estimate of drug-likeness (QED) is 0.170. The average Bonchev–Trinajstić information content (AvgIpc) is 3.27. The van der Waals surface area contributed by atoms with Crippen molar-refractivity contribution in [3.05, 3.63) is 98.6 Å². The molecule has 0 unspecified atom stereocenters. The predicted molar refractivity (Wildman–Crippen MR) is 155 cm³/mol. The second kappa shape index (κ2) is 11.8. The van der Waals surface area contributed by atoms with Crippen molar-refractivity contribution in [1.29, 1.82) is 0 Å². The van der Waals surface area contributed by atoms with Gasteiger partial charge in [0, 0.05) is 25.8 Å². The summed E-state index contributed by atoms with van der Waals surface area (Å²) in [6.07, 6.45) is 3.28. The van der Waals surface area contributed by atoms with Gasteiger partial charge >= 0.3 is 0 Å². The number of hydrogen-bond donors (Lipinski definition) is 2. The molecule has 0 aliphatic carbocycles. The zero-order valence-corrected chi connectivity index (χ0v) is 22.8. The van der Waals surface area contributed by atoms with Crippen molar-refractivity contribution in [3.8, 4) is 16.9 Å². The topological polar surface area (TPSA) is 59.0 Å². The first-order valence-corrected chi connectivity index (χ1v) is 13.1. The lowest BCUT2D eigenvalue weighted by molar-refractivity contribution is 0.0977. The van der Waals surface area contributed by atoms with Crippen LogP contribution >= 0.6 is 46.4 Å². The summed E-state index contributed by atoms with van der Waals surface area (Å²) in [5.41, 5.74) is 4.31. The number of carbonyl (C=O) groups excluding carboxylic acids is 1. The van der Waals surface area contributed by atoms with E-state index in [0.29, 0.717) is 16.4 Å². The minimum absolute atomic E-state index is 0.194. The number of aromatic nitrogens is 2. The second-order valence-corrected chi connectivity index (χ2v) is 10.1. The third kappa shape index (κ3) is 6.68. The first-order chi connectivity index (χ1) is 16.9. The van der Waals surface area contributed by atoms with Crippen molar-refractivity contribution in [2.75, 3.05) is 5.32 Å². The summed E-state index contributed by atoms with van der Waals surface area (Å²) in [7, 11) is 0. The van der Waals surface area contributed by atoms with E-state index in [1.54, 1.807) is 4.68 Å². The molecule has 1 amide bonds. The van der Waals surface area contributed by atoms with Crippen LogP contribution in [-0.4, -0.2) is 20.8 Å². The van der Waals surface area contributed by atoms with Gasteiger partial charge in [0.2, 0.25) is 0 Å². The summed E-state index contributed by atoms with van der Waals surface area (Å²) in [6.45, 7) is 2.17. The van der Waals surface area contributed by atoms with Crippen molar-refractivity contribution in [2.24, 2.45) is 0 Å². The number of thiocarbonyl (C=S) groups is 1. The number of carbonyl (C=O) groups is 1. The Bertz CT molecular complexity index is 1320. The highest BCUT2D eigenvalue weighted by Crippen LogP contribution is 2.26. The van der Waals surface area contributed by atoms with E-state index >= 15 is 0 Å². The molecule has 1 heterocycles. The molecular weight excluding hydrogens is 591 g/mol. The average molecular weight is 615 g/mol. The molecule has 35 heavy (non-hydrogen) atoms. The third-order valence-corrected chi connectivity index (χ3v) is 6.60. The van der Waals surface area contributed by atoms with Gasteiger partial charge < -0.3 is 5.32 Å². The molecule has 0 atom stereocenters. The number of hydrogen-bond acceptors (Lipinski definition) is 3. The summed E-state index contributed by atoms with van der Waals surface area (Å²) in [6, 6.07) is 25.0. The zero-order chi connectivity index (χ0) is 24.8. The van der Waals surface area contributed by atoms with Gasteiger partial charge in [0.25, 0.3) is 5.91 Å². The highest BCUT2D eigenvalue weighted by atomic mass is 127. The molecule has 5 nitrogen and oxygen atoms in total. The summed E-state index contributed by atoms with van der Waals surface area (Å²) < 4.78 is 2.88. The van der Waals surface area contributed by atoms with Gasteiger partial charge in [-0.1, -0.05) is 49.2 Å².